The van der Waals surface area contributed by atoms with E-state index in [1.54, 1.807) is 0 Å². The number of hydrogen-bond donors (Lipinski definition) is 1. The summed E-state index contributed by atoms with van der Waals surface area (Å²) in [6.07, 6.45) is 1.81. The smallest absolute Gasteiger partial charge is 0.0962 e. The van der Waals surface area contributed by atoms with E-state index < -0.39 is 0 Å². The van der Waals surface area contributed by atoms with Crippen LogP contribution in [0.25, 0.3) is 11.0 Å². The zero-order valence-electron chi connectivity index (χ0n) is 7.90. The summed E-state index contributed by atoms with van der Waals surface area (Å²) in [5.74, 6) is 0. The molecule has 1 aromatic heterocycles. The van der Waals surface area contributed by atoms with Crippen molar-refractivity contribution in [2.24, 2.45) is 0 Å². The van der Waals surface area contributed by atoms with Gasteiger partial charge in [-0.2, -0.15) is 0 Å². The first-order chi connectivity index (χ1) is 6.81. The molecule has 4 heteroatoms. The number of nitrogens with one attached hydrogen (secondary N) is 1. The summed E-state index contributed by atoms with van der Waals surface area (Å²) >= 11 is 5.11. The van der Waals surface area contributed by atoms with Crippen LogP contribution in [0.2, 0.25) is 0 Å². The number of imidazole rings is 1. The van der Waals surface area contributed by atoms with Crippen LogP contribution < -0.4 is 5.32 Å². The van der Waals surface area contributed by atoms with Crippen molar-refractivity contribution in [3.63, 3.8) is 0 Å². The molecule has 0 saturated carbocycles. The van der Waals surface area contributed by atoms with Crippen molar-refractivity contribution in [1.29, 1.82) is 0 Å². The van der Waals surface area contributed by atoms with Gasteiger partial charge in [-0.05, 0) is 12.1 Å². The molecule has 3 nitrogen and oxygen atoms in total. The fourth-order valence-corrected chi connectivity index (χ4v) is 1.51. The molecule has 0 fully saturated rings. The molecule has 0 aliphatic carbocycles. The number of benzene rings is 1. The highest BCUT2D eigenvalue weighted by atomic mass is 32.1. The van der Waals surface area contributed by atoms with Crippen molar-refractivity contribution in [3.8, 4) is 0 Å². The van der Waals surface area contributed by atoms with Gasteiger partial charge in [-0.25, -0.2) is 4.98 Å². The molecule has 0 radical (unpaired) electrons. The molecule has 14 heavy (non-hydrogen) atoms. The summed E-state index contributed by atoms with van der Waals surface area (Å²) in [7, 11) is 1.83. The summed E-state index contributed by atoms with van der Waals surface area (Å²) in [6.45, 7) is 0.687. The molecule has 0 aliphatic rings. The number of rotatable bonds is 2. The van der Waals surface area contributed by atoms with Gasteiger partial charge >= 0.3 is 0 Å². The van der Waals surface area contributed by atoms with Crippen LogP contribution >= 0.6 is 12.2 Å². The van der Waals surface area contributed by atoms with Crippen LogP contribution in [0.3, 0.4) is 0 Å². The molecular formula is C10H11N3S. The average molecular weight is 205 g/mol. The largest absolute Gasteiger partial charge is 0.381 e. The Morgan fingerprint density at radius 3 is 3.07 bits per heavy atom. The van der Waals surface area contributed by atoms with Crippen molar-refractivity contribution in [1.82, 2.24) is 14.9 Å². The Bertz CT molecular complexity index is 461. The van der Waals surface area contributed by atoms with E-state index in [9.17, 15) is 0 Å². The maximum atomic E-state index is 5.11. The van der Waals surface area contributed by atoms with E-state index in [1.807, 2.05) is 42.2 Å². The first-order valence-corrected chi connectivity index (χ1v) is 4.82. The second-order valence-corrected chi connectivity index (χ2v) is 3.53. The van der Waals surface area contributed by atoms with Crippen LogP contribution in [0.1, 0.15) is 0 Å². The molecule has 1 N–H and O–H groups in total. The van der Waals surface area contributed by atoms with E-state index in [0.717, 1.165) is 16.0 Å². The lowest BCUT2D eigenvalue weighted by Gasteiger charge is -2.04. The molecular weight excluding hydrogens is 194 g/mol. The third kappa shape index (κ3) is 1.61. The molecule has 0 atom stereocenters. The Morgan fingerprint density at radius 1 is 1.50 bits per heavy atom. The Morgan fingerprint density at radius 2 is 2.29 bits per heavy atom. The molecule has 0 spiro atoms. The van der Waals surface area contributed by atoms with Gasteiger partial charge in [0.05, 0.1) is 28.9 Å². The average Bonchev–Trinajstić information content (AvgIpc) is 2.62. The molecule has 0 amide bonds. The molecule has 2 rings (SSSR count). The lowest BCUT2D eigenvalue weighted by Crippen LogP contribution is -2.20. The molecule has 0 unspecified atom stereocenters. The van der Waals surface area contributed by atoms with Crippen molar-refractivity contribution in [2.45, 2.75) is 6.54 Å². The van der Waals surface area contributed by atoms with Crippen LogP contribution in [0.5, 0.6) is 0 Å². The number of nitrogens with zero attached hydrogens (tertiary/aromatic N) is 2. The highest BCUT2D eigenvalue weighted by Crippen LogP contribution is 2.11. The van der Waals surface area contributed by atoms with Gasteiger partial charge in [0.2, 0.25) is 0 Å². The van der Waals surface area contributed by atoms with E-state index in [4.69, 9.17) is 12.2 Å². The van der Waals surface area contributed by atoms with Crippen LogP contribution in [0.15, 0.2) is 30.6 Å². The highest BCUT2D eigenvalue weighted by Gasteiger charge is 2.01. The van der Waals surface area contributed by atoms with E-state index in [2.05, 4.69) is 10.3 Å². The number of aromatic nitrogens is 2. The van der Waals surface area contributed by atoms with Gasteiger partial charge in [0.25, 0.3) is 0 Å². The normalized spacial score (nSPS) is 10.4. The first-order valence-electron chi connectivity index (χ1n) is 4.41. The highest BCUT2D eigenvalue weighted by molar-refractivity contribution is 7.80. The topological polar surface area (TPSA) is 29.9 Å². The minimum atomic E-state index is 0.687. The van der Waals surface area contributed by atoms with Gasteiger partial charge in [-0.15, -0.1) is 0 Å². The van der Waals surface area contributed by atoms with E-state index in [-0.39, 0.29) is 0 Å². The van der Waals surface area contributed by atoms with Gasteiger partial charge in [0.15, 0.2) is 0 Å². The number of fused-ring (bicyclic) bond motifs is 1. The minimum Gasteiger partial charge on any atom is -0.381 e. The quantitative estimate of drug-likeness (QED) is 0.755. The molecule has 0 aliphatic heterocycles. The van der Waals surface area contributed by atoms with Gasteiger partial charge < -0.3 is 9.88 Å². The van der Waals surface area contributed by atoms with E-state index in [0.29, 0.717) is 6.54 Å². The summed E-state index contributed by atoms with van der Waals surface area (Å²) < 4.78 is 2.04. The third-order valence-corrected chi connectivity index (χ3v) is 2.45. The fourth-order valence-electron chi connectivity index (χ4n) is 1.37. The summed E-state index contributed by atoms with van der Waals surface area (Å²) in [4.78, 5) is 5.09. The second kappa shape index (κ2) is 3.75. The minimum absolute atomic E-state index is 0.687. The zero-order chi connectivity index (χ0) is 9.97. The van der Waals surface area contributed by atoms with Crippen molar-refractivity contribution in [2.75, 3.05) is 7.05 Å². The lowest BCUT2D eigenvalue weighted by molar-refractivity contribution is 0.866. The van der Waals surface area contributed by atoms with Gasteiger partial charge in [0.1, 0.15) is 0 Å². The van der Waals surface area contributed by atoms with Gasteiger partial charge in [0, 0.05) is 7.05 Å². The van der Waals surface area contributed by atoms with Gasteiger partial charge in [-0.3, -0.25) is 0 Å². The van der Waals surface area contributed by atoms with E-state index in [1.165, 1.54) is 0 Å². The van der Waals surface area contributed by atoms with E-state index >= 15 is 0 Å². The molecule has 2 aromatic rings. The monoisotopic (exact) mass is 205 g/mol. The lowest BCUT2D eigenvalue weighted by atomic mass is 10.3. The van der Waals surface area contributed by atoms with Crippen LogP contribution in [0, 0.1) is 0 Å². The standard InChI is InChI=1S/C10H11N3S/c1-11-10(14)6-13-7-12-8-4-2-3-5-9(8)13/h2-5,7H,6H2,1H3,(H,11,14). The van der Waals surface area contributed by atoms with Crippen LogP contribution in [-0.4, -0.2) is 21.6 Å². The number of thiocarbonyl (C=S) groups is 1. The molecule has 72 valence electrons. The molecule has 0 saturated heterocycles. The Kier molecular flexibility index (Phi) is 2.45. The number of para-hydroxylation sites is 2. The zero-order valence-corrected chi connectivity index (χ0v) is 8.71. The predicted octanol–water partition coefficient (Wildman–Crippen LogP) is 1.58. The molecule has 1 aromatic carbocycles. The Labute approximate surface area is 87.8 Å². The Hall–Kier alpha value is -1.42. The van der Waals surface area contributed by atoms with Crippen LogP contribution in [-0.2, 0) is 6.54 Å². The molecule has 1 heterocycles. The third-order valence-electron chi connectivity index (χ3n) is 2.12. The van der Waals surface area contributed by atoms with Gasteiger partial charge in [-0.1, -0.05) is 24.4 Å². The van der Waals surface area contributed by atoms with Crippen molar-refractivity contribution < 1.29 is 0 Å². The maximum absolute atomic E-state index is 5.11. The summed E-state index contributed by atoms with van der Waals surface area (Å²) in [5.41, 5.74) is 2.12. The summed E-state index contributed by atoms with van der Waals surface area (Å²) in [5, 5.41) is 2.95. The van der Waals surface area contributed by atoms with Crippen molar-refractivity contribution in [3.05, 3.63) is 30.6 Å². The fraction of sp³-hybridized carbons (Fsp3) is 0.200. The summed E-state index contributed by atoms with van der Waals surface area (Å²) in [6, 6.07) is 8.02. The number of likely N-dealkylation sites (N-methyl/N-ethyl adjacent to an activating group) is 1. The molecule has 0 bridgehead atoms. The van der Waals surface area contributed by atoms with Crippen LogP contribution in [0.4, 0.5) is 0 Å². The Balaban J connectivity index is 2.38. The van der Waals surface area contributed by atoms with Crippen molar-refractivity contribution >= 4 is 28.2 Å². The number of hydrogen-bond acceptors (Lipinski definition) is 2. The second-order valence-electron chi connectivity index (χ2n) is 3.03. The SMILES string of the molecule is CNC(=S)Cn1cnc2ccccc21. The predicted molar refractivity (Wildman–Crippen MR) is 61.4 cm³/mol. The maximum Gasteiger partial charge on any atom is 0.0962 e. The first kappa shape index (κ1) is 9.15.